The van der Waals surface area contributed by atoms with Crippen LogP contribution in [0.5, 0.6) is 0 Å². The first kappa shape index (κ1) is 24.5. The molecule has 6 rings (SSSR count). The minimum absolute atomic E-state index is 0.0569. The van der Waals surface area contributed by atoms with E-state index in [-0.39, 0.29) is 17.6 Å². The number of hydrogen-bond donors (Lipinski definition) is 1. The Balaban J connectivity index is 1.52. The van der Waals surface area contributed by atoms with Crippen LogP contribution in [0.25, 0.3) is 16.9 Å². The summed E-state index contributed by atoms with van der Waals surface area (Å²) in [4.78, 5) is 30.5. The quantitative estimate of drug-likeness (QED) is 0.410. The predicted octanol–water partition coefficient (Wildman–Crippen LogP) is 4.71. The molecule has 2 fully saturated rings. The number of aromatic nitrogens is 3. The summed E-state index contributed by atoms with van der Waals surface area (Å²) in [5, 5.41) is 3.34. The van der Waals surface area contributed by atoms with Crippen LogP contribution in [-0.2, 0) is 6.54 Å². The average Bonchev–Trinajstić information content (AvgIpc) is 3.62. The van der Waals surface area contributed by atoms with Gasteiger partial charge in [-0.2, -0.15) is 0 Å². The van der Waals surface area contributed by atoms with Gasteiger partial charge in [-0.05, 0) is 42.7 Å². The molecule has 7 heteroatoms. The fourth-order valence-electron chi connectivity index (χ4n) is 6.00. The normalized spacial score (nSPS) is 16.6. The van der Waals surface area contributed by atoms with Crippen LogP contribution in [0, 0.1) is 0 Å². The first-order chi connectivity index (χ1) is 18.7. The van der Waals surface area contributed by atoms with E-state index < -0.39 is 0 Å². The highest BCUT2D eigenvalue weighted by molar-refractivity contribution is 5.99. The van der Waals surface area contributed by atoms with E-state index in [4.69, 9.17) is 0 Å². The van der Waals surface area contributed by atoms with Crippen LogP contribution in [0.2, 0.25) is 0 Å². The fourth-order valence-corrected chi connectivity index (χ4v) is 6.00. The third-order valence-electron chi connectivity index (χ3n) is 7.92. The standard InChI is InChI=1S/C31H35N5O2/c37-30(34-20-16-32-17-21-34)29-28(25-11-3-1-4-12-25)36(26-13-5-2-6-14-26)31(38)35(29)23-24-10-9-15-27(22-24)33-18-7-8-19-33/h1,3-4,7-12,15,18-19,22,26,32H,2,5-6,13-14,16-17,20-21,23H2. The van der Waals surface area contributed by atoms with E-state index in [1.54, 1.807) is 4.57 Å². The van der Waals surface area contributed by atoms with Crippen molar-refractivity contribution in [3.8, 4) is 16.9 Å². The number of amides is 1. The first-order valence-corrected chi connectivity index (χ1v) is 13.8. The number of carbonyl (C=O) groups excluding carboxylic acids is 1. The second-order valence-electron chi connectivity index (χ2n) is 10.4. The van der Waals surface area contributed by atoms with E-state index in [1.165, 1.54) is 6.42 Å². The molecule has 2 aliphatic rings. The molecule has 1 aliphatic carbocycles. The van der Waals surface area contributed by atoms with Crippen molar-refractivity contribution in [2.75, 3.05) is 26.2 Å². The Hall–Kier alpha value is -3.84. The lowest BCUT2D eigenvalue weighted by atomic mass is 9.94. The number of nitrogens with one attached hydrogen (secondary N) is 1. The summed E-state index contributed by atoms with van der Waals surface area (Å²) in [5.41, 5.74) is 4.15. The minimum atomic E-state index is -0.0828. The van der Waals surface area contributed by atoms with Crippen molar-refractivity contribution in [2.24, 2.45) is 0 Å². The number of carbonyl (C=O) groups is 1. The van der Waals surface area contributed by atoms with Crippen molar-refractivity contribution in [3.63, 3.8) is 0 Å². The number of imidazole rings is 1. The Labute approximate surface area is 223 Å². The molecule has 1 saturated heterocycles. The zero-order chi connectivity index (χ0) is 25.9. The van der Waals surface area contributed by atoms with Gasteiger partial charge in [0.15, 0.2) is 0 Å². The third-order valence-corrected chi connectivity index (χ3v) is 7.92. The maximum Gasteiger partial charge on any atom is 0.329 e. The summed E-state index contributed by atoms with van der Waals surface area (Å²) >= 11 is 0. The minimum Gasteiger partial charge on any atom is -0.335 e. The topological polar surface area (TPSA) is 64.2 Å². The molecular formula is C31H35N5O2. The monoisotopic (exact) mass is 509 g/mol. The van der Waals surface area contributed by atoms with Gasteiger partial charge in [0.25, 0.3) is 5.91 Å². The van der Waals surface area contributed by atoms with Crippen molar-refractivity contribution in [1.82, 2.24) is 23.9 Å². The summed E-state index contributed by atoms with van der Waals surface area (Å²) in [6.45, 7) is 3.15. The average molecular weight is 510 g/mol. The van der Waals surface area contributed by atoms with E-state index >= 15 is 0 Å². The number of piperazine rings is 1. The lowest BCUT2D eigenvalue weighted by molar-refractivity contribution is 0.0725. The zero-order valence-electron chi connectivity index (χ0n) is 21.8. The van der Waals surface area contributed by atoms with E-state index in [2.05, 4.69) is 22.0 Å². The molecule has 196 valence electrons. The predicted molar refractivity (Wildman–Crippen MR) is 150 cm³/mol. The molecule has 1 aliphatic heterocycles. The molecule has 0 atom stereocenters. The molecule has 1 N–H and O–H groups in total. The molecule has 2 aromatic heterocycles. The Morgan fingerprint density at radius 1 is 0.868 bits per heavy atom. The van der Waals surface area contributed by atoms with Gasteiger partial charge in [0.05, 0.1) is 12.2 Å². The fraction of sp³-hybridized carbons (Fsp3) is 0.355. The van der Waals surface area contributed by atoms with Crippen molar-refractivity contribution < 1.29 is 4.79 Å². The summed E-state index contributed by atoms with van der Waals surface area (Å²) < 4.78 is 5.76. The van der Waals surface area contributed by atoms with Gasteiger partial charge >= 0.3 is 5.69 Å². The SMILES string of the molecule is O=C(c1c(-c2ccccc2)n(C2CCCCC2)c(=O)n1Cc1cccc(-n2cccc2)c1)N1CCNCC1. The lowest BCUT2D eigenvalue weighted by Crippen LogP contribution is -2.47. The van der Waals surface area contributed by atoms with Crippen LogP contribution in [0.4, 0.5) is 0 Å². The van der Waals surface area contributed by atoms with Crippen molar-refractivity contribution >= 4 is 5.91 Å². The van der Waals surface area contributed by atoms with Crippen LogP contribution < -0.4 is 11.0 Å². The van der Waals surface area contributed by atoms with Gasteiger partial charge in [0.2, 0.25) is 0 Å². The molecule has 0 unspecified atom stereocenters. The van der Waals surface area contributed by atoms with E-state index in [9.17, 15) is 9.59 Å². The van der Waals surface area contributed by atoms with Crippen molar-refractivity contribution in [2.45, 2.75) is 44.7 Å². The Morgan fingerprint density at radius 2 is 1.61 bits per heavy atom. The molecule has 4 aromatic rings. The van der Waals surface area contributed by atoms with Crippen LogP contribution >= 0.6 is 0 Å². The van der Waals surface area contributed by atoms with E-state index in [0.29, 0.717) is 25.3 Å². The number of rotatable bonds is 6. The summed E-state index contributed by atoms with van der Waals surface area (Å²) in [7, 11) is 0. The molecular weight excluding hydrogens is 474 g/mol. The maximum absolute atomic E-state index is 14.3. The highest BCUT2D eigenvalue weighted by atomic mass is 16.2. The van der Waals surface area contributed by atoms with Gasteiger partial charge in [-0.3, -0.25) is 13.9 Å². The van der Waals surface area contributed by atoms with Gasteiger partial charge in [0.1, 0.15) is 5.69 Å². The highest BCUT2D eigenvalue weighted by Crippen LogP contribution is 2.34. The molecule has 2 aromatic carbocycles. The van der Waals surface area contributed by atoms with Crippen molar-refractivity contribution in [1.29, 1.82) is 0 Å². The Morgan fingerprint density at radius 3 is 2.34 bits per heavy atom. The summed E-state index contributed by atoms with van der Waals surface area (Å²) in [6, 6.07) is 22.3. The van der Waals surface area contributed by atoms with Crippen LogP contribution in [0.1, 0.15) is 54.2 Å². The first-order valence-electron chi connectivity index (χ1n) is 13.8. The van der Waals surface area contributed by atoms with E-state index in [0.717, 1.165) is 61.3 Å². The molecule has 0 bridgehead atoms. The van der Waals surface area contributed by atoms with Gasteiger partial charge in [0, 0.05) is 55.9 Å². The van der Waals surface area contributed by atoms with Gasteiger partial charge in [-0.15, -0.1) is 0 Å². The summed E-state index contributed by atoms with van der Waals surface area (Å²) in [5.74, 6) is -0.0569. The van der Waals surface area contributed by atoms with Crippen LogP contribution in [0.15, 0.2) is 83.9 Å². The van der Waals surface area contributed by atoms with Gasteiger partial charge in [-0.25, -0.2) is 4.79 Å². The molecule has 0 spiro atoms. The molecule has 7 nitrogen and oxygen atoms in total. The number of benzene rings is 2. The molecule has 38 heavy (non-hydrogen) atoms. The van der Waals surface area contributed by atoms with Crippen molar-refractivity contribution in [3.05, 3.63) is 101 Å². The zero-order valence-corrected chi connectivity index (χ0v) is 21.8. The second kappa shape index (κ2) is 10.9. The second-order valence-corrected chi connectivity index (χ2v) is 10.4. The maximum atomic E-state index is 14.3. The van der Waals surface area contributed by atoms with Gasteiger partial charge in [-0.1, -0.05) is 61.7 Å². The summed E-state index contributed by atoms with van der Waals surface area (Å²) in [6.07, 6.45) is 9.37. The Kier molecular flexibility index (Phi) is 7.01. The Bertz CT molecular complexity index is 1440. The number of nitrogens with zero attached hydrogens (tertiary/aromatic N) is 4. The molecule has 1 amide bonds. The molecule has 0 radical (unpaired) electrons. The lowest BCUT2D eigenvalue weighted by Gasteiger charge is -2.28. The third kappa shape index (κ3) is 4.74. The van der Waals surface area contributed by atoms with E-state index in [1.807, 2.05) is 76.5 Å². The highest BCUT2D eigenvalue weighted by Gasteiger charge is 2.33. The van der Waals surface area contributed by atoms with Gasteiger partial charge < -0.3 is 14.8 Å². The van der Waals surface area contributed by atoms with Crippen LogP contribution in [-0.4, -0.2) is 50.7 Å². The molecule has 3 heterocycles. The van der Waals surface area contributed by atoms with Crippen LogP contribution in [0.3, 0.4) is 0 Å². The smallest absolute Gasteiger partial charge is 0.329 e. The largest absolute Gasteiger partial charge is 0.335 e. The molecule has 1 saturated carbocycles. The number of hydrogen-bond acceptors (Lipinski definition) is 3.